The number of hydrogen-bond acceptors (Lipinski definition) is 1. The fourth-order valence-corrected chi connectivity index (χ4v) is 3.21. The highest BCUT2D eigenvalue weighted by molar-refractivity contribution is 5.88. The summed E-state index contributed by atoms with van der Waals surface area (Å²) in [6.45, 7) is 2.89. The molecule has 2 heteroatoms. The highest BCUT2D eigenvalue weighted by atomic mass is 16.3. The molecule has 0 unspecified atom stereocenters. The maximum Gasteiger partial charge on any atom is 0.124 e. The molecule has 0 spiro atoms. The number of rotatable bonds is 2. The van der Waals surface area contributed by atoms with Gasteiger partial charge in [0.1, 0.15) is 5.75 Å². The van der Waals surface area contributed by atoms with Gasteiger partial charge in [0.05, 0.1) is 5.52 Å². The minimum atomic E-state index is 0.345. The average Bonchev–Trinajstić information content (AvgIpc) is 2.86. The molecule has 1 aromatic heterocycles. The quantitative estimate of drug-likeness (QED) is 0.560. The van der Waals surface area contributed by atoms with E-state index in [1.165, 1.54) is 16.3 Å². The van der Waals surface area contributed by atoms with Crippen LogP contribution in [0.15, 0.2) is 66.7 Å². The summed E-state index contributed by atoms with van der Waals surface area (Å²) in [6.07, 6.45) is 0. The number of phenols is 1. The zero-order chi connectivity index (χ0) is 15.1. The summed E-state index contributed by atoms with van der Waals surface area (Å²) in [4.78, 5) is 0. The number of aromatic nitrogens is 1. The van der Waals surface area contributed by atoms with Crippen molar-refractivity contribution < 1.29 is 5.11 Å². The molecule has 0 saturated carbocycles. The fourth-order valence-electron chi connectivity index (χ4n) is 3.21. The number of phenolic OH excluding ortho intramolecular Hbond substituents is 1. The van der Waals surface area contributed by atoms with Crippen LogP contribution in [-0.2, 0) is 6.54 Å². The number of aryl methyl sites for hydroxylation is 1. The third kappa shape index (κ3) is 1.96. The van der Waals surface area contributed by atoms with Crippen molar-refractivity contribution in [1.29, 1.82) is 0 Å². The van der Waals surface area contributed by atoms with E-state index in [0.717, 1.165) is 23.1 Å². The Hall–Kier alpha value is -2.74. The molecule has 22 heavy (non-hydrogen) atoms. The Labute approximate surface area is 129 Å². The van der Waals surface area contributed by atoms with E-state index < -0.39 is 0 Å². The SMILES string of the molecule is Cc1cc2c(O)cccc2n1Cc1cccc2ccccc12. The van der Waals surface area contributed by atoms with E-state index in [9.17, 15) is 5.11 Å². The second-order valence-corrected chi connectivity index (χ2v) is 5.72. The Bertz CT molecular complexity index is 976. The Morgan fingerprint density at radius 1 is 0.864 bits per heavy atom. The summed E-state index contributed by atoms with van der Waals surface area (Å²) < 4.78 is 2.26. The lowest BCUT2D eigenvalue weighted by Crippen LogP contribution is -2.02. The molecular weight excluding hydrogens is 270 g/mol. The first-order valence-electron chi connectivity index (χ1n) is 7.48. The van der Waals surface area contributed by atoms with Gasteiger partial charge in [0.25, 0.3) is 0 Å². The second-order valence-electron chi connectivity index (χ2n) is 5.72. The zero-order valence-electron chi connectivity index (χ0n) is 12.5. The minimum Gasteiger partial charge on any atom is -0.507 e. The lowest BCUT2D eigenvalue weighted by atomic mass is 10.0. The van der Waals surface area contributed by atoms with Crippen LogP contribution in [0, 0.1) is 6.92 Å². The molecule has 0 aliphatic rings. The van der Waals surface area contributed by atoms with Crippen molar-refractivity contribution >= 4 is 21.7 Å². The third-order valence-electron chi connectivity index (χ3n) is 4.34. The molecular formula is C20H17NO. The molecule has 0 saturated heterocycles. The van der Waals surface area contributed by atoms with E-state index >= 15 is 0 Å². The lowest BCUT2D eigenvalue weighted by molar-refractivity contribution is 0.481. The van der Waals surface area contributed by atoms with Crippen LogP contribution in [0.1, 0.15) is 11.3 Å². The smallest absolute Gasteiger partial charge is 0.124 e. The minimum absolute atomic E-state index is 0.345. The van der Waals surface area contributed by atoms with E-state index in [-0.39, 0.29) is 0 Å². The number of fused-ring (bicyclic) bond motifs is 2. The van der Waals surface area contributed by atoms with Crippen molar-refractivity contribution in [3.63, 3.8) is 0 Å². The van der Waals surface area contributed by atoms with Gasteiger partial charge in [0.2, 0.25) is 0 Å². The van der Waals surface area contributed by atoms with Crippen LogP contribution < -0.4 is 0 Å². The van der Waals surface area contributed by atoms with Gasteiger partial charge in [-0.05, 0) is 41.5 Å². The van der Waals surface area contributed by atoms with Crippen LogP contribution >= 0.6 is 0 Å². The van der Waals surface area contributed by atoms with Crippen molar-refractivity contribution in [2.45, 2.75) is 13.5 Å². The van der Waals surface area contributed by atoms with Crippen molar-refractivity contribution in [3.05, 3.63) is 78.0 Å². The van der Waals surface area contributed by atoms with Gasteiger partial charge in [-0.15, -0.1) is 0 Å². The van der Waals surface area contributed by atoms with Crippen molar-refractivity contribution in [2.24, 2.45) is 0 Å². The number of hydrogen-bond donors (Lipinski definition) is 1. The summed E-state index contributed by atoms with van der Waals surface area (Å²) in [5, 5.41) is 13.5. The Morgan fingerprint density at radius 3 is 2.55 bits per heavy atom. The largest absolute Gasteiger partial charge is 0.507 e. The van der Waals surface area contributed by atoms with E-state index in [2.05, 4.69) is 66.1 Å². The van der Waals surface area contributed by atoms with Crippen LogP contribution in [0.5, 0.6) is 5.75 Å². The molecule has 0 aliphatic heterocycles. The Morgan fingerprint density at radius 2 is 1.64 bits per heavy atom. The van der Waals surface area contributed by atoms with Gasteiger partial charge in [0.15, 0.2) is 0 Å². The second kappa shape index (κ2) is 4.92. The first-order valence-corrected chi connectivity index (χ1v) is 7.48. The molecule has 0 amide bonds. The van der Waals surface area contributed by atoms with Crippen LogP contribution in [-0.4, -0.2) is 9.67 Å². The molecule has 0 radical (unpaired) electrons. The molecule has 2 nitrogen and oxygen atoms in total. The van der Waals surface area contributed by atoms with Gasteiger partial charge in [-0.25, -0.2) is 0 Å². The molecule has 0 aliphatic carbocycles. The molecule has 3 aromatic carbocycles. The molecule has 1 N–H and O–H groups in total. The van der Waals surface area contributed by atoms with Gasteiger partial charge in [0, 0.05) is 17.6 Å². The monoisotopic (exact) mass is 287 g/mol. The highest BCUT2D eigenvalue weighted by Gasteiger charge is 2.10. The molecule has 1 heterocycles. The summed E-state index contributed by atoms with van der Waals surface area (Å²) >= 11 is 0. The summed E-state index contributed by atoms with van der Waals surface area (Å²) in [6, 6.07) is 22.6. The Balaban J connectivity index is 1.90. The zero-order valence-corrected chi connectivity index (χ0v) is 12.5. The van der Waals surface area contributed by atoms with Crippen LogP contribution in [0.25, 0.3) is 21.7 Å². The molecule has 0 bridgehead atoms. The van der Waals surface area contributed by atoms with Crippen molar-refractivity contribution in [2.75, 3.05) is 0 Å². The predicted molar refractivity (Wildman–Crippen MR) is 91.4 cm³/mol. The Kier molecular flexibility index (Phi) is 2.90. The molecule has 108 valence electrons. The van der Waals surface area contributed by atoms with Crippen LogP contribution in [0.2, 0.25) is 0 Å². The molecule has 4 rings (SSSR count). The third-order valence-corrected chi connectivity index (χ3v) is 4.34. The number of nitrogens with zero attached hydrogens (tertiary/aromatic N) is 1. The maximum atomic E-state index is 10.0. The standard InChI is InChI=1S/C20H17NO/c1-14-12-18-19(10-5-11-20(18)22)21(14)13-16-8-4-7-15-6-2-3-9-17(15)16/h2-12,22H,13H2,1H3. The summed E-state index contributed by atoms with van der Waals surface area (Å²) in [7, 11) is 0. The molecule has 0 atom stereocenters. The summed E-state index contributed by atoms with van der Waals surface area (Å²) in [5.74, 6) is 0.345. The van der Waals surface area contributed by atoms with Gasteiger partial charge < -0.3 is 9.67 Å². The van der Waals surface area contributed by atoms with Gasteiger partial charge >= 0.3 is 0 Å². The van der Waals surface area contributed by atoms with Gasteiger partial charge in [-0.2, -0.15) is 0 Å². The normalized spacial score (nSPS) is 11.3. The first kappa shape index (κ1) is 13.0. The van der Waals surface area contributed by atoms with E-state index in [4.69, 9.17) is 0 Å². The van der Waals surface area contributed by atoms with Crippen LogP contribution in [0.4, 0.5) is 0 Å². The van der Waals surface area contributed by atoms with Gasteiger partial charge in [-0.1, -0.05) is 48.5 Å². The first-order chi connectivity index (χ1) is 10.7. The molecule has 4 aromatic rings. The maximum absolute atomic E-state index is 10.0. The predicted octanol–water partition coefficient (Wildman–Crippen LogP) is 4.86. The fraction of sp³-hybridized carbons (Fsp3) is 0.100. The van der Waals surface area contributed by atoms with Gasteiger partial charge in [-0.3, -0.25) is 0 Å². The van der Waals surface area contributed by atoms with E-state index in [1.807, 2.05) is 6.07 Å². The average molecular weight is 287 g/mol. The van der Waals surface area contributed by atoms with E-state index in [0.29, 0.717) is 5.75 Å². The number of benzene rings is 3. The van der Waals surface area contributed by atoms with E-state index in [1.54, 1.807) is 6.07 Å². The highest BCUT2D eigenvalue weighted by Crippen LogP contribution is 2.29. The van der Waals surface area contributed by atoms with Crippen LogP contribution in [0.3, 0.4) is 0 Å². The topological polar surface area (TPSA) is 25.2 Å². The molecule has 0 fully saturated rings. The lowest BCUT2D eigenvalue weighted by Gasteiger charge is -2.11. The number of aromatic hydroxyl groups is 1. The summed E-state index contributed by atoms with van der Waals surface area (Å²) in [5.41, 5.74) is 3.52. The van der Waals surface area contributed by atoms with Crippen molar-refractivity contribution in [3.8, 4) is 5.75 Å². The van der Waals surface area contributed by atoms with Crippen molar-refractivity contribution in [1.82, 2.24) is 4.57 Å².